The van der Waals surface area contributed by atoms with Gasteiger partial charge in [0.25, 0.3) is 0 Å². The van der Waals surface area contributed by atoms with Gasteiger partial charge in [-0.3, -0.25) is 4.57 Å². The van der Waals surface area contributed by atoms with Gasteiger partial charge in [0.15, 0.2) is 5.82 Å². The average Bonchev–Trinajstić information content (AvgIpc) is 4.25. The Kier molecular flexibility index (Phi) is 9.71. The molecule has 358 valence electrons. The van der Waals surface area contributed by atoms with Crippen molar-refractivity contribution in [3.63, 3.8) is 0 Å². The summed E-state index contributed by atoms with van der Waals surface area (Å²) in [5.41, 5.74) is 15.6. The van der Waals surface area contributed by atoms with Crippen molar-refractivity contribution in [2.75, 3.05) is 0 Å². The molecule has 0 spiro atoms. The first-order chi connectivity index (χ1) is 38.2. The molecule has 16 rings (SSSR count). The molecule has 7 heteroatoms. The van der Waals surface area contributed by atoms with Crippen LogP contribution in [0.2, 0.25) is 0 Å². The lowest BCUT2D eigenvalue weighted by Gasteiger charge is -2.13. The second kappa shape index (κ2) is 17.2. The molecular weight excluding hydrogens is 957 g/mol. The van der Waals surface area contributed by atoms with Crippen molar-refractivity contribution in [2.45, 2.75) is 0 Å². The number of benzene rings is 11. The molecule has 0 atom stereocenters. The maximum Gasteiger partial charge on any atom is 0.235 e. The zero-order valence-electron chi connectivity index (χ0n) is 41.3. The number of thiophene rings is 1. The monoisotopic (exact) mass is 998 g/mol. The third-order valence-corrected chi connectivity index (χ3v) is 16.5. The lowest BCUT2D eigenvalue weighted by Crippen LogP contribution is -2.03. The topological polar surface area (TPSA) is 61.4 Å². The van der Waals surface area contributed by atoms with E-state index in [1.165, 1.54) is 26.6 Å². The smallest absolute Gasteiger partial charge is 0.235 e. The summed E-state index contributed by atoms with van der Waals surface area (Å²) in [5, 5.41) is 10.2. The molecule has 0 saturated heterocycles. The molecule has 0 amide bonds. The third-order valence-electron chi connectivity index (χ3n) is 15.3. The van der Waals surface area contributed by atoms with Crippen LogP contribution in [0.4, 0.5) is 0 Å². The Morgan fingerprint density at radius 2 is 0.844 bits per heavy atom. The van der Waals surface area contributed by atoms with Gasteiger partial charge in [-0.1, -0.05) is 182 Å². The third kappa shape index (κ3) is 6.95. The van der Waals surface area contributed by atoms with E-state index in [9.17, 15) is 0 Å². The van der Waals surface area contributed by atoms with Crippen LogP contribution >= 0.6 is 11.3 Å². The zero-order valence-corrected chi connectivity index (χ0v) is 42.2. The van der Waals surface area contributed by atoms with E-state index in [1.54, 1.807) is 11.3 Å². The fraction of sp³-hybridized carbons (Fsp3) is 0. The van der Waals surface area contributed by atoms with Gasteiger partial charge in [0.2, 0.25) is 5.95 Å². The molecule has 16 aromatic rings. The van der Waals surface area contributed by atoms with Crippen LogP contribution in [0.5, 0.6) is 0 Å². The Morgan fingerprint density at radius 1 is 0.312 bits per heavy atom. The van der Waals surface area contributed by atoms with E-state index in [0.29, 0.717) is 11.8 Å². The summed E-state index contributed by atoms with van der Waals surface area (Å²) in [6.45, 7) is 0. The molecule has 0 aliphatic carbocycles. The highest BCUT2D eigenvalue weighted by molar-refractivity contribution is 7.22. The minimum Gasteiger partial charge on any atom is -0.309 e. The average molecular weight is 999 g/mol. The highest BCUT2D eigenvalue weighted by atomic mass is 32.1. The van der Waals surface area contributed by atoms with Gasteiger partial charge in [-0.05, 0) is 106 Å². The molecule has 5 heterocycles. The van der Waals surface area contributed by atoms with Crippen LogP contribution in [0.15, 0.2) is 255 Å². The van der Waals surface area contributed by atoms with Crippen LogP contribution in [0.25, 0.3) is 153 Å². The van der Waals surface area contributed by atoms with Gasteiger partial charge in [0.1, 0.15) is 0 Å². The molecule has 0 fully saturated rings. The fourth-order valence-electron chi connectivity index (χ4n) is 11.7. The van der Waals surface area contributed by atoms with Crippen molar-refractivity contribution in [1.29, 1.82) is 0 Å². The van der Waals surface area contributed by atoms with Crippen LogP contribution in [-0.4, -0.2) is 29.1 Å². The van der Waals surface area contributed by atoms with Gasteiger partial charge in [0, 0.05) is 59.6 Å². The lowest BCUT2D eigenvalue weighted by molar-refractivity contribution is 1.02. The van der Waals surface area contributed by atoms with Crippen molar-refractivity contribution in [1.82, 2.24) is 29.1 Å². The summed E-state index contributed by atoms with van der Waals surface area (Å²) in [4.78, 5) is 22.9. The minimum absolute atomic E-state index is 0.635. The van der Waals surface area contributed by atoms with E-state index in [-0.39, 0.29) is 0 Å². The quantitative estimate of drug-likeness (QED) is 0.149. The van der Waals surface area contributed by atoms with Gasteiger partial charge in [0.05, 0.1) is 49.2 Å². The highest BCUT2D eigenvalue weighted by Gasteiger charge is 2.23. The molecule has 0 N–H and O–H groups in total. The SMILES string of the molecule is c1ccc(-c2cc3nc(-c4ccc5c(c4)c4cc(-c6ccc7c(c6)c6c8ccccc8ccc6n7-c6nc(-c7ccccc7)c7ccc8ccccc8c7n6)ccc4n5-c4ccccc4)nc(-c4ccccc4)c3s2)cc1. The number of rotatable bonds is 7. The fourth-order valence-corrected chi connectivity index (χ4v) is 12.9. The summed E-state index contributed by atoms with van der Waals surface area (Å²) in [6.07, 6.45) is 0. The first-order valence-corrected chi connectivity index (χ1v) is 26.8. The normalized spacial score (nSPS) is 11.9. The Bertz CT molecular complexity index is 5020. The second-order valence-corrected chi connectivity index (χ2v) is 20.8. The van der Waals surface area contributed by atoms with Crippen molar-refractivity contribution in [2.24, 2.45) is 0 Å². The van der Waals surface area contributed by atoms with Gasteiger partial charge in [-0.25, -0.2) is 19.9 Å². The molecule has 0 aliphatic heterocycles. The molecular formula is C70H42N6S. The number of nitrogens with zero attached hydrogens (tertiary/aromatic N) is 6. The van der Waals surface area contributed by atoms with E-state index in [2.05, 4.69) is 264 Å². The van der Waals surface area contributed by atoms with Crippen LogP contribution in [0, 0.1) is 0 Å². The van der Waals surface area contributed by atoms with Crippen LogP contribution in [0.1, 0.15) is 0 Å². The summed E-state index contributed by atoms with van der Waals surface area (Å²) in [5.74, 6) is 1.33. The van der Waals surface area contributed by atoms with E-state index in [0.717, 1.165) is 115 Å². The van der Waals surface area contributed by atoms with E-state index in [4.69, 9.17) is 19.9 Å². The van der Waals surface area contributed by atoms with Gasteiger partial charge in [-0.2, -0.15) is 0 Å². The van der Waals surface area contributed by atoms with Crippen LogP contribution < -0.4 is 0 Å². The molecule has 5 aromatic heterocycles. The Morgan fingerprint density at radius 3 is 1.55 bits per heavy atom. The first-order valence-electron chi connectivity index (χ1n) is 25.9. The number of aromatic nitrogens is 6. The number of hydrogen-bond acceptors (Lipinski definition) is 5. The molecule has 6 nitrogen and oxygen atoms in total. The molecule has 11 aromatic carbocycles. The van der Waals surface area contributed by atoms with Crippen molar-refractivity contribution < 1.29 is 0 Å². The maximum absolute atomic E-state index is 5.50. The second-order valence-electron chi connectivity index (χ2n) is 19.8. The van der Waals surface area contributed by atoms with E-state index < -0.39 is 0 Å². The van der Waals surface area contributed by atoms with Crippen LogP contribution in [-0.2, 0) is 0 Å². The van der Waals surface area contributed by atoms with Crippen molar-refractivity contribution >= 4 is 97.6 Å². The molecule has 0 aliphatic rings. The van der Waals surface area contributed by atoms with Crippen molar-refractivity contribution in [3.05, 3.63) is 255 Å². The Hall–Kier alpha value is -10.1. The molecule has 0 radical (unpaired) electrons. The van der Waals surface area contributed by atoms with Crippen molar-refractivity contribution in [3.8, 4) is 67.1 Å². The van der Waals surface area contributed by atoms with Gasteiger partial charge in [-0.15, -0.1) is 11.3 Å². The Balaban J connectivity index is 0.908. The largest absolute Gasteiger partial charge is 0.309 e. The number of para-hydroxylation sites is 1. The number of fused-ring (bicyclic) bond motifs is 12. The molecule has 77 heavy (non-hydrogen) atoms. The zero-order chi connectivity index (χ0) is 50.6. The lowest BCUT2D eigenvalue weighted by atomic mass is 9.98. The standard InChI is InChI=1S/C70H42N6S/c1-5-19-45(20-6-1)63-42-58-68(77-63)66(47-23-9-3-10-24-47)72-69(71-58)50-33-37-60-56(41-50)55-39-48(31-35-59(55)75(60)51-25-11-4-12-26-51)49-32-36-61-57(40-49)64-52-27-15-13-17-43(52)30-38-62(64)76(61)70-73-65(46-21-7-2-8-22-46)54-34-29-44-18-14-16-28-53(44)67(54)74-70/h1-42H. The van der Waals surface area contributed by atoms with Gasteiger partial charge >= 0.3 is 0 Å². The summed E-state index contributed by atoms with van der Waals surface area (Å²) in [6, 6.07) is 91.0. The highest BCUT2D eigenvalue weighted by Crippen LogP contribution is 2.44. The Labute approximate surface area is 446 Å². The van der Waals surface area contributed by atoms with E-state index >= 15 is 0 Å². The predicted molar refractivity (Wildman–Crippen MR) is 321 cm³/mol. The molecule has 0 unspecified atom stereocenters. The first kappa shape index (κ1) is 43.3. The molecule has 0 saturated carbocycles. The maximum atomic E-state index is 5.50. The summed E-state index contributed by atoms with van der Waals surface area (Å²) < 4.78 is 5.73. The van der Waals surface area contributed by atoms with Gasteiger partial charge < -0.3 is 4.57 Å². The summed E-state index contributed by atoms with van der Waals surface area (Å²) >= 11 is 1.75. The minimum atomic E-state index is 0.635. The summed E-state index contributed by atoms with van der Waals surface area (Å²) in [7, 11) is 0. The van der Waals surface area contributed by atoms with E-state index in [1.807, 2.05) is 0 Å². The predicted octanol–water partition coefficient (Wildman–Crippen LogP) is 18.5. The number of hydrogen-bond donors (Lipinski definition) is 0. The molecule has 0 bridgehead atoms. The van der Waals surface area contributed by atoms with Crippen LogP contribution in [0.3, 0.4) is 0 Å².